The van der Waals surface area contributed by atoms with Gasteiger partial charge in [0.05, 0.1) is 5.56 Å². The Morgan fingerprint density at radius 2 is 1.67 bits per heavy atom. The Morgan fingerprint density at radius 1 is 1.04 bits per heavy atom. The molecule has 0 aliphatic carbocycles. The molecule has 140 valence electrons. The van der Waals surface area contributed by atoms with E-state index < -0.39 is 5.97 Å². The van der Waals surface area contributed by atoms with Crippen molar-refractivity contribution in [2.24, 2.45) is 0 Å². The Labute approximate surface area is 162 Å². The lowest BCUT2D eigenvalue weighted by molar-refractivity contribution is 0.0691. The van der Waals surface area contributed by atoms with E-state index in [9.17, 15) is 4.79 Å². The van der Waals surface area contributed by atoms with E-state index in [1.165, 1.54) is 22.3 Å². The van der Waals surface area contributed by atoms with Gasteiger partial charge in [0.2, 0.25) is 0 Å². The number of benzene rings is 2. The van der Waals surface area contributed by atoms with Gasteiger partial charge in [-0.1, -0.05) is 44.2 Å². The highest BCUT2D eigenvalue weighted by Crippen LogP contribution is 2.32. The molecule has 27 heavy (non-hydrogen) atoms. The van der Waals surface area contributed by atoms with Gasteiger partial charge in [0.15, 0.2) is 5.69 Å². The Bertz CT molecular complexity index is 920. The zero-order chi connectivity index (χ0) is 19.2. The zero-order valence-corrected chi connectivity index (χ0v) is 16.0. The maximum atomic E-state index is 11.0. The summed E-state index contributed by atoms with van der Waals surface area (Å²) in [4.78, 5) is 15.2. The number of para-hydroxylation sites is 2. The highest BCUT2D eigenvalue weighted by atomic mass is 32.1. The highest BCUT2D eigenvalue weighted by molar-refractivity contribution is 7.13. The lowest BCUT2D eigenvalue weighted by Crippen LogP contribution is -2.10. The SMILES string of the molecule is CC(C)c1ccccc1OCCOc1ccccc1-c1nc(C(=O)O)cs1. The molecule has 0 saturated carbocycles. The molecule has 3 rings (SSSR count). The van der Waals surface area contributed by atoms with Crippen LogP contribution < -0.4 is 9.47 Å². The van der Waals surface area contributed by atoms with Gasteiger partial charge in [-0.15, -0.1) is 11.3 Å². The van der Waals surface area contributed by atoms with Crippen LogP contribution in [0.15, 0.2) is 53.9 Å². The molecule has 0 saturated heterocycles. The summed E-state index contributed by atoms with van der Waals surface area (Å²) in [6, 6.07) is 15.5. The summed E-state index contributed by atoms with van der Waals surface area (Å²) in [6.45, 7) is 5.06. The summed E-state index contributed by atoms with van der Waals surface area (Å²) in [7, 11) is 0. The number of aromatic nitrogens is 1. The molecule has 0 unspecified atom stereocenters. The molecular formula is C21H21NO4S. The van der Waals surface area contributed by atoms with Crippen LogP contribution >= 0.6 is 11.3 Å². The number of hydrogen-bond donors (Lipinski definition) is 1. The van der Waals surface area contributed by atoms with Crippen molar-refractivity contribution >= 4 is 17.3 Å². The van der Waals surface area contributed by atoms with Gasteiger partial charge in [-0.25, -0.2) is 9.78 Å². The van der Waals surface area contributed by atoms with Crippen LogP contribution in [-0.4, -0.2) is 29.3 Å². The molecule has 0 aliphatic rings. The monoisotopic (exact) mass is 383 g/mol. The summed E-state index contributed by atoms with van der Waals surface area (Å²) in [5.41, 5.74) is 1.98. The summed E-state index contributed by atoms with van der Waals surface area (Å²) in [5, 5.41) is 11.2. The number of aromatic carboxylic acids is 1. The molecule has 0 aliphatic heterocycles. The zero-order valence-electron chi connectivity index (χ0n) is 15.2. The number of carboxylic acid groups (broad SMARTS) is 1. The summed E-state index contributed by atoms with van der Waals surface area (Å²) < 4.78 is 11.8. The largest absolute Gasteiger partial charge is 0.490 e. The van der Waals surface area contributed by atoms with Gasteiger partial charge in [-0.3, -0.25) is 0 Å². The van der Waals surface area contributed by atoms with Crippen LogP contribution in [0.1, 0.15) is 35.8 Å². The van der Waals surface area contributed by atoms with E-state index in [1.54, 1.807) is 0 Å². The first kappa shape index (κ1) is 18.9. The Morgan fingerprint density at radius 3 is 2.33 bits per heavy atom. The summed E-state index contributed by atoms with van der Waals surface area (Å²) in [5.74, 6) is 0.879. The maximum Gasteiger partial charge on any atom is 0.355 e. The van der Waals surface area contributed by atoms with Gasteiger partial charge in [-0.05, 0) is 29.7 Å². The van der Waals surface area contributed by atoms with Crippen molar-refractivity contribution in [2.75, 3.05) is 13.2 Å². The van der Waals surface area contributed by atoms with Crippen molar-refractivity contribution < 1.29 is 19.4 Å². The van der Waals surface area contributed by atoms with Gasteiger partial charge in [-0.2, -0.15) is 0 Å². The molecule has 0 spiro atoms. The third-order valence-corrected chi connectivity index (χ3v) is 4.86. The molecule has 2 aromatic carbocycles. The normalized spacial score (nSPS) is 10.8. The average Bonchev–Trinajstić information content (AvgIpc) is 3.16. The van der Waals surface area contributed by atoms with Crippen LogP contribution in [0.2, 0.25) is 0 Å². The van der Waals surface area contributed by atoms with Crippen molar-refractivity contribution in [3.63, 3.8) is 0 Å². The molecule has 0 radical (unpaired) electrons. The summed E-state index contributed by atoms with van der Waals surface area (Å²) in [6.07, 6.45) is 0. The first-order valence-electron chi connectivity index (χ1n) is 8.69. The minimum Gasteiger partial charge on any atom is -0.490 e. The summed E-state index contributed by atoms with van der Waals surface area (Å²) >= 11 is 1.28. The second-order valence-corrected chi connectivity index (χ2v) is 7.09. The third kappa shape index (κ3) is 4.65. The van der Waals surface area contributed by atoms with E-state index in [0.29, 0.717) is 29.9 Å². The Hall–Kier alpha value is -2.86. The molecule has 0 bridgehead atoms. The molecule has 6 heteroatoms. The molecule has 1 heterocycles. The minimum atomic E-state index is -1.03. The van der Waals surface area contributed by atoms with Crippen molar-refractivity contribution in [3.8, 4) is 22.1 Å². The van der Waals surface area contributed by atoms with E-state index in [4.69, 9.17) is 14.6 Å². The number of thiazole rings is 1. The quantitative estimate of drug-likeness (QED) is 0.549. The number of hydrogen-bond acceptors (Lipinski definition) is 5. The molecule has 3 aromatic rings. The molecular weight excluding hydrogens is 362 g/mol. The molecule has 0 fully saturated rings. The average molecular weight is 383 g/mol. The van der Waals surface area contributed by atoms with Crippen molar-refractivity contribution in [3.05, 3.63) is 65.2 Å². The van der Waals surface area contributed by atoms with E-state index in [-0.39, 0.29) is 5.69 Å². The van der Waals surface area contributed by atoms with Crippen molar-refractivity contribution in [1.82, 2.24) is 4.98 Å². The van der Waals surface area contributed by atoms with E-state index in [1.807, 2.05) is 42.5 Å². The van der Waals surface area contributed by atoms with Crippen LogP contribution in [0.3, 0.4) is 0 Å². The van der Waals surface area contributed by atoms with Crippen LogP contribution in [0, 0.1) is 0 Å². The van der Waals surface area contributed by atoms with E-state index in [0.717, 1.165) is 11.3 Å². The van der Waals surface area contributed by atoms with Crippen LogP contribution in [0.25, 0.3) is 10.6 Å². The first-order chi connectivity index (χ1) is 13.1. The number of nitrogens with zero attached hydrogens (tertiary/aromatic N) is 1. The molecule has 1 aromatic heterocycles. The number of carbonyl (C=O) groups is 1. The van der Waals surface area contributed by atoms with Gasteiger partial charge in [0, 0.05) is 5.38 Å². The van der Waals surface area contributed by atoms with Crippen molar-refractivity contribution in [2.45, 2.75) is 19.8 Å². The fourth-order valence-electron chi connectivity index (χ4n) is 2.66. The van der Waals surface area contributed by atoms with Crippen LogP contribution in [0.4, 0.5) is 0 Å². The van der Waals surface area contributed by atoms with Gasteiger partial charge in [0.1, 0.15) is 29.7 Å². The predicted octanol–water partition coefficient (Wildman–Crippen LogP) is 5.09. The second-order valence-electron chi connectivity index (χ2n) is 6.23. The van der Waals surface area contributed by atoms with E-state index >= 15 is 0 Å². The Balaban J connectivity index is 1.65. The number of carboxylic acids is 1. The van der Waals surface area contributed by atoms with Gasteiger partial charge < -0.3 is 14.6 Å². The molecule has 1 N–H and O–H groups in total. The van der Waals surface area contributed by atoms with E-state index in [2.05, 4.69) is 24.9 Å². The molecule has 5 nitrogen and oxygen atoms in total. The minimum absolute atomic E-state index is 0.0402. The topological polar surface area (TPSA) is 68.7 Å². The van der Waals surface area contributed by atoms with Crippen LogP contribution in [0.5, 0.6) is 11.5 Å². The van der Waals surface area contributed by atoms with Gasteiger partial charge >= 0.3 is 5.97 Å². The number of ether oxygens (including phenoxy) is 2. The van der Waals surface area contributed by atoms with Gasteiger partial charge in [0.25, 0.3) is 0 Å². The molecule has 0 atom stereocenters. The smallest absolute Gasteiger partial charge is 0.355 e. The molecule has 0 amide bonds. The predicted molar refractivity (Wildman–Crippen MR) is 106 cm³/mol. The lowest BCUT2D eigenvalue weighted by Gasteiger charge is -2.15. The highest BCUT2D eigenvalue weighted by Gasteiger charge is 2.14. The van der Waals surface area contributed by atoms with Crippen LogP contribution in [-0.2, 0) is 0 Å². The number of rotatable bonds is 8. The first-order valence-corrected chi connectivity index (χ1v) is 9.57. The fourth-order valence-corrected chi connectivity index (χ4v) is 3.48. The lowest BCUT2D eigenvalue weighted by atomic mass is 10.0. The second kappa shape index (κ2) is 8.68. The maximum absolute atomic E-state index is 11.0. The van der Waals surface area contributed by atoms with Crippen molar-refractivity contribution in [1.29, 1.82) is 0 Å². The Kier molecular flexibility index (Phi) is 6.08. The third-order valence-electron chi connectivity index (χ3n) is 3.98. The fraction of sp³-hybridized carbons (Fsp3) is 0.238. The standard InChI is InChI=1S/C21H21NO4S/c1-14(2)15-7-3-5-9-18(15)25-11-12-26-19-10-6-4-8-16(19)20-22-17(13-27-20)21(23)24/h3-10,13-14H,11-12H2,1-2H3,(H,23,24).